The number of alkyl carbamates (subject to hydrolysis) is 1. The molecule has 4 N–H and O–H groups in total. The van der Waals surface area contributed by atoms with Crippen LogP contribution >= 0.6 is 0 Å². The summed E-state index contributed by atoms with van der Waals surface area (Å²) in [7, 11) is 1.54. The zero-order valence-corrected chi connectivity index (χ0v) is 17.8. The van der Waals surface area contributed by atoms with E-state index in [-0.39, 0.29) is 25.0 Å². The Morgan fingerprint density at radius 1 is 1.13 bits per heavy atom. The third-order valence-corrected chi connectivity index (χ3v) is 6.08. The Bertz CT molecular complexity index is 879. The number of hydrogen-bond donors (Lipinski definition) is 3. The summed E-state index contributed by atoms with van der Waals surface area (Å²) < 4.78 is 10.9. The van der Waals surface area contributed by atoms with Gasteiger partial charge in [0.1, 0.15) is 11.9 Å². The van der Waals surface area contributed by atoms with Crippen LogP contribution in [-0.2, 0) is 10.2 Å². The number of ketones is 1. The molecule has 1 amide bonds. The van der Waals surface area contributed by atoms with Crippen molar-refractivity contribution in [2.75, 3.05) is 20.3 Å². The van der Waals surface area contributed by atoms with Gasteiger partial charge in [-0.15, -0.1) is 0 Å². The normalized spacial score (nSPS) is 21.7. The molecule has 0 heterocycles. The van der Waals surface area contributed by atoms with Crippen LogP contribution in [0.2, 0.25) is 0 Å². The van der Waals surface area contributed by atoms with Crippen LogP contribution in [0.3, 0.4) is 0 Å². The first kappa shape index (κ1) is 22.8. The average molecular weight is 427 g/mol. The van der Waals surface area contributed by atoms with Gasteiger partial charge in [0.25, 0.3) is 0 Å². The fourth-order valence-corrected chi connectivity index (χ4v) is 4.39. The summed E-state index contributed by atoms with van der Waals surface area (Å²) in [6.07, 6.45) is 1.60. The number of rotatable bonds is 8. The fourth-order valence-electron chi connectivity index (χ4n) is 4.39. The predicted molar refractivity (Wildman–Crippen MR) is 117 cm³/mol. The highest BCUT2D eigenvalue weighted by molar-refractivity contribution is 6.03. The van der Waals surface area contributed by atoms with E-state index in [1.807, 2.05) is 36.4 Å². The molecule has 0 spiro atoms. The second-order valence-corrected chi connectivity index (χ2v) is 7.82. The number of nitrogens with two attached hydrogens (primary N) is 1. The monoisotopic (exact) mass is 426 g/mol. The zero-order chi connectivity index (χ0) is 22.3. The minimum atomic E-state index is -0.768. The van der Waals surface area contributed by atoms with E-state index in [0.29, 0.717) is 37.0 Å². The lowest BCUT2D eigenvalue weighted by molar-refractivity contribution is 0.0487. The van der Waals surface area contributed by atoms with Crippen LogP contribution in [-0.4, -0.2) is 49.4 Å². The van der Waals surface area contributed by atoms with Gasteiger partial charge in [0.15, 0.2) is 5.78 Å². The number of hydrogen-bond acceptors (Lipinski definition) is 6. The Balaban J connectivity index is 1.83. The molecule has 1 aliphatic rings. The summed E-state index contributed by atoms with van der Waals surface area (Å²) >= 11 is 0. The lowest BCUT2D eigenvalue weighted by atomic mass is 9.63. The van der Waals surface area contributed by atoms with E-state index in [0.717, 1.165) is 5.56 Å². The number of methoxy groups -OCH3 is 1. The first-order chi connectivity index (χ1) is 15.0. The molecule has 1 saturated carbocycles. The molecule has 1 fully saturated rings. The smallest absolute Gasteiger partial charge is 0.407 e. The van der Waals surface area contributed by atoms with Crippen molar-refractivity contribution in [1.82, 2.24) is 5.32 Å². The van der Waals surface area contributed by atoms with Crippen molar-refractivity contribution in [1.29, 1.82) is 0 Å². The maximum atomic E-state index is 13.5. The van der Waals surface area contributed by atoms with Gasteiger partial charge in [-0.1, -0.05) is 42.5 Å². The van der Waals surface area contributed by atoms with Crippen LogP contribution in [0.5, 0.6) is 5.75 Å². The molecule has 1 aliphatic carbocycles. The van der Waals surface area contributed by atoms with Crippen molar-refractivity contribution in [3.8, 4) is 5.75 Å². The molecule has 2 aromatic carbocycles. The van der Waals surface area contributed by atoms with Crippen molar-refractivity contribution in [2.45, 2.75) is 43.2 Å². The van der Waals surface area contributed by atoms with Gasteiger partial charge in [0.2, 0.25) is 0 Å². The van der Waals surface area contributed by atoms with Crippen molar-refractivity contribution >= 4 is 11.9 Å². The highest BCUT2D eigenvalue weighted by atomic mass is 16.6. The SMILES string of the molecule is COc1ccccc1C(=O)C(N)C1(c2ccccc2)CCC(OC(=O)NCCO)CC1. The topological polar surface area (TPSA) is 111 Å². The molecule has 166 valence electrons. The summed E-state index contributed by atoms with van der Waals surface area (Å²) in [5.74, 6) is 0.338. The third-order valence-electron chi connectivity index (χ3n) is 6.08. The maximum absolute atomic E-state index is 13.5. The van der Waals surface area contributed by atoms with Gasteiger partial charge in [-0.3, -0.25) is 4.79 Å². The first-order valence-corrected chi connectivity index (χ1v) is 10.6. The summed E-state index contributed by atoms with van der Waals surface area (Å²) in [6.45, 7) is 0.00852. The number of aliphatic hydroxyl groups excluding tert-OH is 1. The van der Waals surface area contributed by atoms with Gasteiger partial charge < -0.3 is 25.6 Å². The van der Waals surface area contributed by atoms with Crippen molar-refractivity contribution in [3.63, 3.8) is 0 Å². The van der Waals surface area contributed by atoms with E-state index in [4.69, 9.17) is 20.3 Å². The minimum absolute atomic E-state index is 0.142. The molecule has 0 bridgehead atoms. The second-order valence-electron chi connectivity index (χ2n) is 7.82. The largest absolute Gasteiger partial charge is 0.496 e. The number of ether oxygens (including phenoxy) is 2. The molecule has 7 nitrogen and oxygen atoms in total. The molecular formula is C24H30N2O5. The van der Waals surface area contributed by atoms with Crippen LogP contribution in [0.25, 0.3) is 0 Å². The van der Waals surface area contributed by atoms with Crippen molar-refractivity contribution in [3.05, 3.63) is 65.7 Å². The molecule has 0 radical (unpaired) electrons. The van der Waals surface area contributed by atoms with Gasteiger partial charge in [-0.25, -0.2) is 4.79 Å². The van der Waals surface area contributed by atoms with Gasteiger partial charge >= 0.3 is 6.09 Å². The Labute approximate surface area is 182 Å². The quantitative estimate of drug-likeness (QED) is 0.560. The first-order valence-electron chi connectivity index (χ1n) is 10.6. The molecule has 31 heavy (non-hydrogen) atoms. The van der Waals surface area contributed by atoms with Crippen LogP contribution in [0.4, 0.5) is 4.79 Å². The standard InChI is InChI=1S/C24H30N2O5/c1-30-20-10-6-5-9-19(20)21(28)22(25)24(17-7-3-2-4-8-17)13-11-18(12-14-24)31-23(29)26-15-16-27/h2-10,18,22,27H,11-16,25H2,1H3,(H,26,29). The lowest BCUT2D eigenvalue weighted by Crippen LogP contribution is -2.53. The molecule has 2 aromatic rings. The highest BCUT2D eigenvalue weighted by Crippen LogP contribution is 2.43. The Kier molecular flexibility index (Phi) is 7.65. The predicted octanol–water partition coefficient (Wildman–Crippen LogP) is 2.80. The summed E-state index contributed by atoms with van der Waals surface area (Å²) in [6, 6.07) is 16.2. The average Bonchev–Trinajstić information content (AvgIpc) is 2.83. The van der Waals surface area contributed by atoms with E-state index in [1.54, 1.807) is 18.2 Å². The van der Waals surface area contributed by atoms with Crippen molar-refractivity contribution < 1.29 is 24.2 Å². The van der Waals surface area contributed by atoms with Gasteiger partial charge in [-0.05, 0) is 43.4 Å². The van der Waals surface area contributed by atoms with Crippen LogP contribution < -0.4 is 15.8 Å². The Morgan fingerprint density at radius 3 is 2.42 bits per heavy atom. The van der Waals surface area contributed by atoms with Gasteiger partial charge in [0.05, 0.1) is 25.3 Å². The van der Waals surface area contributed by atoms with Crippen LogP contribution in [0.1, 0.15) is 41.6 Å². The summed E-state index contributed by atoms with van der Waals surface area (Å²) in [5, 5.41) is 11.3. The Hall–Kier alpha value is -2.90. The van der Waals surface area contributed by atoms with E-state index < -0.39 is 17.6 Å². The fraction of sp³-hybridized carbons (Fsp3) is 0.417. The molecule has 0 saturated heterocycles. The highest BCUT2D eigenvalue weighted by Gasteiger charge is 2.46. The van der Waals surface area contributed by atoms with E-state index in [1.165, 1.54) is 7.11 Å². The number of carbonyl (C=O) groups excluding carboxylic acids is 2. The summed E-state index contributed by atoms with van der Waals surface area (Å²) in [5.41, 5.74) is 7.58. The minimum Gasteiger partial charge on any atom is -0.496 e. The zero-order valence-electron chi connectivity index (χ0n) is 17.8. The molecule has 0 aliphatic heterocycles. The summed E-state index contributed by atoms with van der Waals surface area (Å²) in [4.78, 5) is 25.3. The second kappa shape index (κ2) is 10.4. The molecule has 1 unspecified atom stereocenters. The van der Waals surface area contributed by atoms with E-state index >= 15 is 0 Å². The maximum Gasteiger partial charge on any atom is 0.407 e. The van der Waals surface area contributed by atoms with Crippen molar-refractivity contribution in [2.24, 2.45) is 5.73 Å². The molecule has 7 heteroatoms. The number of Topliss-reactive ketones (excluding diaryl/α,β-unsaturated/α-hetero) is 1. The molecule has 1 atom stereocenters. The van der Waals surface area contributed by atoms with Crippen LogP contribution in [0, 0.1) is 0 Å². The number of carbonyl (C=O) groups is 2. The van der Waals surface area contributed by atoms with Gasteiger partial charge in [0, 0.05) is 12.0 Å². The number of para-hydroxylation sites is 1. The Morgan fingerprint density at radius 2 is 1.77 bits per heavy atom. The number of amides is 1. The number of aliphatic hydroxyl groups is 1. The molecular weight excluding hydrogens is 396 g/mol. The third kappa shape index (κ3) is 5.06. The molecule has 3 rings (SSSR count). The lowest BCUT2D eigenvalue weighted by Gasteiger charge is -2.43. The molecule has 0 aromatic heterocycles. The number of nitrogens with one attached hydrogen (secondary N) is 1. The van der Waals surface area contributed by atoms with E-state index in [2.05, 4.69) is 5.32 Å². The number of benzene rings is 2. The van der Waals surface area contributed by atoms with Crippen LogP contribution in [0.15, 0.2) is 54.6 Å². The van der Waals surface area contributed by atoms with Gasteiger partial charge in [-0.2, -0.15) is 0 Å². The van der Waals surface area contributed by atoms with E-state index in [9.17, 15) is 9.59 Å².